The number of amides is 1. The van der Waals surface area contributed by atoms with Crippen LogP contribution in [0.15, 0.2) is 41.6 Å². The van der Waals surface area contributed by atoms with Crippen LogP contribution in [-0.4, -0.2) is 45.7 Å². The van der Waals surface area contributed by atoms with Gasteiger partial charge in [0.25, 0.3) is 0 Å². The summed E-state index contributed by atoms with van der Waals surface area (Å²) >= 11 is 7.42. The summed E-state index contributed by atoms with van der Waals surface area (Å²) < 4.78 is 1.98. The number of hydrogen-bond donors (Lipinski definition) is 1. The molecule has 1 aromatic heterocycles. The van der Waals surface area contributed by atoms with E-state index in [2.05, 4.69) is 10.3 Å². The summed E-state index contributed by atoms with van der Waals surface area (Å²) in [6.45, 7) is 2.26. The van der Waals surface area contributed by atoms with Crippen LogP contribution in [0.4, 0.5) is 0 Å². The summed E-state index contributed by atoms with van der Waals surface area (Å²) in [4.78, 5) is 20.1. The number of aryl methyl sites for hydroxylation is 1. The Labute approximate surface area is 145 Å². The Morgan fingerprint density at radius 2 is 2.22 bits per heavy atom. The molecule has 1 saturated heterocycles. The van der Waals surface area contributed by atoms with Crippen molar-refractivity contribution in [3.63, 3.8) is 0 Å². The lowest BCUT2D eigenvalue weighted by atomic mass is 10.1. The lowest BCUT2D eigenvalue weighted by Crippen LogP contribution is -2.50. The number of carbonyl (C=O) groups is 1. The number of piperazine rings is 1. The van der Waals surface area contributed by atoms with Gasteiger partial charge in [0.15, 0.2) is 0 Å². The van der Waals surface area contributed by atoms with Crippen LogP contribution in [0.3, 0.4) is 0 Å². The van der Waals surface area contributed by atoms with Crippen molar-refractivity contribution < 1.29 is 4.79 Å². The first-order chi connectivity index (χ1) is 11.1. The van der Waals surface area contributed by atoms with Crippen molar-refractivity contribution in [3.05, 3.63) is 47.5 Å². The summed E-state index contributed by atoms with van der Waals surface area (Å²) in [5.74, 6) is 1.48. The molecule has 7 heteroatoms. The van der Waals surface area contributed by atoms with Crippen molar-refractivity contribution in [1.29, 1.82) is 0 Å². The van der Waals surface area contributed by atoms with Gasteiger partial charge in [-0.25, -0.2) is 4.98 Å². The van der Waals surface area contributed by atoms with E-state index >= 15 is 0 Å². The molecule has 0 spiro atoms. The smallest absolute Gasteiger partial charge is 0.233 e. The molecule has 3 rings (SSSR count). The summed E-state index contributed by atoms with van der Waals surface area (Å²) in [7, 11) is 1.96. The second-order valence-electron chi connectivity index (χ2n) is 5.45. The van der Waals surface area contributed by atoms with Crippen molar-refractivity contribution in [1.82, 2.24) is 19.8 Å². The molecule has 1 fully saturated rings. The quantitative estimate of drug-likeness (QED) is 0.860. The molecule has 1 aromatic carbocycles. The molecule has 1 unspecified atom stereocenters. The minimum atomic E-state index is -0.0120. The zero-order valence-corrected chi connectivity index (χ0v) is 14.5. The number of rotatable bonds is 4. The van der Waals surface area contributed by atoms with Gasteiger partial charge in [0.2, 0.25) is 5.91 Å². The number of benzene rings is 1. The zero-order valence-electron chi connectivity index (χ0n) is 12.9. The normalized spacial score (nSPS) is 18.2. The second kappa shape index (κ2) is 7.38. The number of aromatic nitrogens is 2. The van der Waals surface area contributed by atoms with Gasteiger partial charge in [0, 0.05) is 49.0 Å². The Balaban J connectivity index is 1.66. The van der Waals surface area contributed by atoms with Crippen LogP contribution in [0.5, 0.6) is 0 Å². The zero-order chi connectivity index (χ0) is 16.2. The fourth-order valence-electron chi connectivity index (χ4n) is 2.69. The molecule has 122 valence electrons. The maximum atomic E-state index is 12.7. The van der Waals surface area contributed by atoms with Gasteiger partial charge in [-0.1, -0.05) is 11.6 Å². The highest BCUT2D eigenvalue weighted by molar-refractivity contribution is 8.00. The highest BCUT2D eigenvalue weighted by Crippen LogP contribution is 2.24. The third-order valence-corrected chi connectivity index (χ3v) is 5.14. The molecule has 0 aliphatic carbocycles. The molecule has 1 atom stereocenters. The van der Waals surface area contributed by atoms with E-state index in [0.717, 1.165) is 23.8 Å². The van der Waals surface area contributed by atoms with E-state index in [9.17, 15) is 4.79 Å². The average Bonchev–Trinajstić information content (AvgIpc) is 3.00. The maximum absolute atomic E-state index is 12.7. The number of halogens is 1. The maximum Gasteiger partial charge on any atom is 0.233 e. The van der Waals surface area contributed by atoms with Gasteiger partial charge in [0.05, 0.1) is 5.75 Å². The number of hydrogen-bond acceptors (Lipinski definition) is 4. The van der Waals surface area contributed by atoms with E-state index in [-0.39, 0.29) is 11.9 Å². The van der Waals surface area contributed by atoms with E-state index in [1.54, 1.807) is 6.20 Å². The van der Waals surface area contributed by atoms with Gasteiger partial charge < -0.3 is 14.8 Å². The van der Waals surface area contributed by atoms with E-state index in [0.29, 0.717) is 17.3 Å². The molecule has 0 bridgehead atoms. The average molecular weight is 351 g/mol. The van der Waals surface area contributed by atoms with Crippen molar-refractivity contribution in [2.45, 2.75) is 10.9 Å². The Kier molecular flexibility index (Phi) is 5.25. The molecule has 1 amide bonds. The van der Waals surface area contributed by atoms with Crippen LogP contribution in [0, 0.1) is 0 Å². The van der Waals surface area contributed by atoms with Gasteiger partial charge in [-0.15, -0.1) is 11.8 Å². The minimum Gasteiger partial charge on any atom is -0.336 e. The molecular formula is C16H19ClN4OS. The van der Waals surface area contributed by atoms with Crippen LogP contribution in [-0.2, 0) is 11.8 Å². The van der Waals surface area contributed by atoms with E-state index in [4.69, 9.17) is 11.6 Å². The molecule has 1 aliphatic rings. The van der Waals surface area contributed by atoms with Crippen molar-refractivity contribution in [2.24, 2.45) is 7.05 Å². The molecular weight excluding hydrogens is 332 g/mol. The molecule has 1 aliphatic heterocycles. The third-order valence-electron chi connectivity index (χ3n) is 3.90. The van der Waals surface area contributed by atoms with Crippen molar-refractivity contribution in [3.8, 4) is 0 Å². The van der Waals surface area contributed by atoms with Crippen LogP contribution in [0.2, 0.25) is 5.02 Å². The Morgan fingerprint density at radius 1 is 1.43 bits per heavy atom. The molecule has 2 heterocycles. The molecule has 1 N–H and O–H groups in total. The molecule has 0 radical (unpaired) electrons. The minimum absolute atomic E-state index is 0.0120. The van der Waals surface area contributed by atoms with E-state index in [1.807, 2.05) is 47.0 Å². The lowest BCUT2D eigenvalue weighted by molar-refractivity contribution is -0.131. The van der Waals surface area contributed by atoms with Gasteiger partial charge >= 0.3 is 0 Å². The van der Waals surface area contributed by atoms with Crippen LogP contribution < -0.4 is 5.32 Å². The molecule has 23 heavy (non-hydrogen) atoms. The summed E-state index contributed by atoms with van der Waals surface area (Å²) in [5, 5.41) is 4.05. The largest absolute Gasteiger partial charge is 0.336 e. The first-order valence-electron chi connectivity index (χ1n) is 7.51. The SMILES string of the molecule is Cn1ccnc1C1CNCCN1C(=O)CSc1ccc(Cl)cc1. The van der Waals surface area contributed by atoms with Gasteiger partial charge in [-0.2, -0.15) is 0 Å². The summed E-state index contributed by atoms with van der Waals surface area (Å²) in [5.41, 5.74) is 0. The Hall–Kier alpha value is -1.50. The topological polar surface area (TPSA) is 50.2 Å². The highest BCUT2D eigenvalue weighted by atomic mass is 35.5. The van der Waals surface area contributed by atoms with Gasteiger partial charge in [-0.3, -0.25) is 4.79 Å². The number of nitrogens with one attached hydrogen (secondary N) is 1. The standard InChI is InChI=1S/C16H19ClN4OS/c1-20-8-7-19-16(20)14-10-18-6-9-21(14)15(22)11-23-13-4-2-12(17)3-5-13/h2-5,7-8,14,18H,6,9-11H2,1H3. The Bertz CT molecular complexity index is 673. The third kappa shape index (κ3) is 3.88. The van der Waals surface area contributed by atoms with Crippen LogP contribution >= 0.6 is 23.4 Å². The van der Waals surface area contributed by atoms with E-state index < -0.39 is 0 Å². The van der Waals surface area contributed by atoms with Gasteiger partial charge in [-0.05, 0) is 24.3 Å². The second-order valence-corrected chi connectivity index (χ2v) is 6.93. The predicted octanol–water partition coefficient (Wildman–Crippen LogP) is 2.34. The number of carbonyl (C=O) groups excluding carboxylic acids is 1. The summed E-state index contributed by atoms with van der Waals surface area (Å²) in [6, 6.07) is 7.55. The first-order valence-corrected chi connectivity index (χ1v) is 8.87. The fourth-order valence-corrected chi connectivity index (χ4v) is 3.60. The highest BCUT2D eigenvalue weighted by Gasteiger charge is 2.30. The Morgan fingerprint density at radius 3 is 2.91 bits per heavy atom. The van der Waals surface area contributed by atoms with E-state index in [1.165, 1.54) is 11.8 Å². The number of thioether (sulfide) groups is 1. The van der Waals surface area contributed by atoms with Crippen molar-refractivity contribution in [2.75, 3.05) is 25.4 Å². The first kappa shape index (κ1) is 16.4. The number of imidazole rings is 1. The fraction of sp³-hybridized carbons (Fsp3) is 0.375. The molecule has 0 saturated carbocycles. The molecule has 2 aromatic rings. The lowest BCUT2D eigenvalue weighted by Gasteiger charge is -2.35. The van der Waals surface area contributed by atoms with Crippen LogP contribution in [0.1, 0.15) is 11.9 Å². The summed E-state index contributed by atoms with van der Waals surface area (Å²) in [6.07, 6.45) is 3.68. The monoisotopic (exact) mass is 350 g/mol. The van der Waals surface area contributed by atoms with Gasteiger partial charge in [0.1, 0.15) is 11.9 Å². The molecule has 5 nitrogen and oxygen atoms in total. The van der Waals surface area contributed by atoms with Crippen molar-refractivity contribution >= 4 is 29.3 Å². The number of nitrogens with zero attached hydrogens (tertiary/aromatic N) is 3. The van der Waals surface area contributed by atoms with Crippen LogP contribution in [0.25, 0.3) is 0 Å². The predicted molar refractivity (Wildman–Crippen MR) is 92.7 cm³/mol.